The molecular weight excluding hydrogens is 288 g/mol. The molecule has 0 bridgehead atoms. The summed E-state index contributed by atoms with van der Waals surface area (Å²) in [5.74, 6) is -0.204. The summed E-state index contributed by atoms with van der Waals surface area (Å²) in [6.07, 6.45) is 2.68. The number of hydrogen-bond acceptors (Lipinski definition) is 5. The predicted octanol–water partition coefficient (Wildman–Crippen LogP) is 2.14. The normalized spacial score (nSPS) is 21.7. The highest BCUT2D eigenvalue weighted by Crippen LogP contribution is 2.38. The number of esters is 1. The Morgan fingerprint density at radius 3 is 2.71 bits per heavy atom. The monoisotopic (exact) mass is 302 g/mol. The second kappa shape index (κ2) is 4.87. The van der Waals surface area contributed by atoms with Crippen LogP contribution in [0.15, 0.2) is 34.2 Å². The van der Waals surface area contributed by atoms with Gasteiger partial charge in [-0.05, 0) is 25.0 Å². The number of aromatic nitrogens is 2. The van der Waals surface area contributed by atoms with Crippen molar-refractivity contribution in [2.24, 2.45) is 0 Å². The molecule has 2 aliphatic rings. The first-order chi connectivity index (χ1) is 10.2. The molecule has 2 fully saturated rings. The van der Waals surface area contributed by atoms with Crippen LogP contribution in [0.25, 0.3) is 10.9 Å². The van der Waals surface area contributed by atoms with E-state index in [-0.39, 0.29) is 22.8 Å². The van der Waals surface area contributed by atoms with Crippen molar-refractivity contribution in [2.75, 3.05) is 6.61 Å². The maximum atomic E-state index is 12.7. The first kappa shape index (κ1) is 12.9. The molecule has 4 rings (SSSR count). The van der Waals surface area contributed by atoms with Crippen LogP contribution < -0.4 is 5.56 Å². The third kappa shape index (κ3) is 2.23. The number of benzene rings is 1. The van der Waals surface area contributed by atoms with Crippen molar-refractivity contribution < 1.29 is 9.53 Å². The van der Waals surface area contributed by atoms with Gasteiger partial charge >= 0.3 is 5.97 Å². The molecular formula is C15H14N2O3S. The van der Waals surface area contributed by atoms with Crippen LogP contribution in [0, 0.1) is 0 Å². The fourth-order valence-corrected chi connectivity index (χ4v) is 3.70. The Bertz CT molecular complexity index is 782. The highest BCUT2D eigenvalue weighted by molar-refractivity contribution is 8.00. The smallest absolute Gasteiger partial charge is 0.319 e. The van der Waals surface area contributed by atoms with Gasteiger partial charge in [-0.2, -0.15) is 0 Å². The van der Waals surface area contributed by atoms with E-state index in [1.54, 1.807) is 4.57 Å². The van der Waals surface area contributed by atoms with Crippen molar-refractivity contribution in [2.45, 2.75) is 35.7 Å². The summed E-state index contributed by atoms with van der Waals surface area (Å²) in [6, 6.07) is 7.60. The topological polar surface area (TPSA) is 61.2 Å². The van der Waals surface area contributed by atoms with E-state index in [1.807, 2.05) is 24.3 Å². The fourth-order valence-electron chi connectivity index (χ4n) is 2.58. The lowest BCUT2D eigenvalue weighted by Crippen LogP contribution is -2.24. The number of hydrogen-bond donors (Lipinski definition) is 0. The number of thioether (sulfide) groups is 1. The van der Waals surface area contributed by atoms with Gasteiger partial charge in [0, 0.05) is 12.5 Å². The minimum Gasteiger partial charge on any atom is -0.465 e. The van der Waals surface area contributed by atoms with E-state index in [2.05, 4.69) is 4.98 Å². The highest BCUT2D eigenvalue weighted by Gasteiger charge is 2.33. The maximum Gasteiger partial charge on any atom is 0.319 e. The molecule has 0 spiro atoms. The molecule has 1 atom stereocenters. The number of fused-ring (bicyclic) bond motifs is 1. The molecule has 1 aromatic carbocycles. The molecule has 1 aliphatic carbocycles. The van der Waals surface area contributed by atoms with E-state index in [0.717, 1.165) is 12.8 Å². The Hall–Kier alpha value is -1.82. The predicted molar refractivity (Wildman–Crippen MR) is 79.5 cm³/mol. The number of para-hydroxylation sites is 1. The zero-order chi connectivity index (χ0) is 14.4. The molecule has 1 saturated carbocycles. The second-order valence-corrected chi connectivity index (χ2v) is 6.55. The zero-order valence-electron chi connectivity index (χ0n) is 11.3. The van der Waals surface area contributed by atoms with E-state index >= 15 is 0 Å². The Labute approximate surface area is 125 Å². The van der Waals surface area contributed by atoms with Crippen LogP contribution in [-0.2, 0) is 9.53 Å². The van der Waals surface area contributed by atoms with Gasteiger partial charge in [0.2, 0.25) is 0 Å². The van der Waals surface area contributed by atoms with Gasteiger partial charge in [-0.3, -0.25) is 14.2 Å². The van der Waals surface area contributed by atoms with Crippen molar-refractivity contribution in [1.82, 2.24) is 9.55 Å². The summed E-state index contributed by atoms with van der Waals surface area (Å²) in [6.45, 7) is 0.456. The average Bonchev–Trinajstić information content (AvgIpc) is 3.24. The average molecular weight is 302 g/mol. The minimum atomic E-state index is -0.247. The van der Waals surface area contributed by atoms with Crippen LogP contribution in [-0.4, -0.2) is 27.4 Å². The molecule has 2 heterocycles. The molecule has 1 aliphatic heterocycles. The van der Waals surface area contributed by atoms with Gasteiger partial charge in [0.25, 0.3) is 5.56 Å². The van der Waals surface area contributed by atoms with Crippen LogP contribution in [0.4, 0.5) is 0 Å². The molecule has 2 aromatic rings. The molecule has 0 unspecified atom stereocenters. The number of nitrogens with zero attached hydrogens (tertiary/aromatic N) is 2. The molecule has 1 saturated heterocycles. The van der Waals surface area contributed by atoms with Crippen LogP contribution in [0.5, 0.6) is 0 Å². The van der Waals surface area contributed by atoms with Gasteiger partial charge in [-0.25, -0.2) is 4.98 Å². The van der Waals surface area contributed by atoms with E-state index in [0.29, 0.717) is 29.1 Å². The van der Waals surface area contributed by atoms with Crippen molar-refractivity contribution in [3.8, 4) is 0 Å². The number of ether oxygens (including phenoxy) is 1. The molecule has 0 amide bonds. The van der Waals surface area contributed by atoms with Crippen molar-refractivity contribution in [3.05, 3.63) is 34.6 Å². The first-order valence-corrected chi connectivity index (χ1v) is 7.96. The second-order valence-electron chi connectivity index (χ2n) is 5.38. The Morgan fingerprint density at radius 2 is 2.00 bits per heavy atom. The van der Waals surface area contributed by atoms with E-state index in [4.69, 9.17) is 4.74 Å². The zero-order valence-corrected chi connectivity index (χ0v) is 12.1. The number of carbonyl (C=O) groups excluding carboxylic acids is 1. The summed E-state index contributed by atoms with van der Waals surface area (Å²) in [7, 11) is 0. The third-order valence-corrected chi connectivity index (χ3v) is 5.03. The lowest BCUT2D eigenvalue weighted by Gasteiger charge is -2.13. The number of carbonyl (C=O) groups is 1. The minimum absolute atomic E-state index is 0.00281. The molecule has 1 aromatic heterocycles. The quantitative estimate of drug-likeness (QED) is 0.642. The third-order valence-electron chi connectivity index (χ3n) is 3.82. The lowest BCUT2D eigenvalue weighted by atomic mass is 10.2. The van der Waals surface area contributed by atoms with Gasteiger partial charge in [0.15, 0.2) is 5.16 Å². The van der Waals surface area contributed by atoms with Crippen molar-refractivity contribution in [1.29, 1.82) is 0 Å². The van der Waals surface area contributed by atoms with E-state index in [9.17, 15) is 9.59 Å². The summed E-state index contributed by atoms with van der Waals surface area (Å²) in [5, 5.41) is 1.04. The summed E-state index contributed by atoms with van der Waals surface area (Å²) in [4.78, 5) is 29.0. The first-order valence-electron chi connectivity index (χ1n) is 7.08. The Balaban J connectivity index is 1.84. The van der Waals surface area contributed by atoms with Gasteiger partial charge in [0.05, 0.1) is 17.5 Å². The molecule has 0 N–H and O–H groups in total. The van der Waals surface area contributed by atoms with Gasteiger partial charge in [0.1, 0.15) is 5.25 Å². The summed E-state index contributed by atoms with van der Waals surface area (Å²) >= 11 is 1.36. The maximum absolute atomic E-state index is 12.7. The Morgan fingerprint density at radius 1 is 1.19 bits per heavy atom. The van der Waals surface area contributed by atoms with E-state index < -0.39 is 0 Å². The largest absolute Gasteiger partial charge is 0.465 e. The van der Waals surface area contributed by atoms with Crippen LogP contribution >= 0.6 is 11.8 Å². The van der Waals surface area contributed by atoms with Crippen LogP contribution in [0.1, 0.15) is 25.3 Å². The fraction of sp³-hybridized carbons (Fsp3) is 0.400. The van der Waals surface area contributed by atoms with Crippen molar-refractivity contribution >= 4 is 28.6 Å². The summed E-state index contributed by atoms with van der Waals surface area (Å²) in [5.41, 5.74) is 0.685. The number of cyclic esters (lactones) is 1. The van der Waals surface area contributed by atoms with Crippen LogP contribution in [0.3, 0.4) is 0 Å². The summed E-state index contributed by atoms with van der Waals surface area (Å²) < 4.78 is 6.76. The molecule has 5 nitrogen and oxygen atoms in total. The molecule has 108 valence electrons. The highest BCUT2D eigenvalue weighted by atomic mass is 32.2. The van der Waals surface area contributed by atoms with Gasteiger partial charge < -0.3 is 4.74 Å². The van der Waals surface area contributed by atoms with Gasteiger partial charge in [-0.1, -0.05) is 23.9 Å². The lowest BCUT2D eigenvalue weighted by molar-refractivity contribution is -0.137. The standard InChI is InChI=1S/C15H14N2O3S/c18-13-10-3-1-2-4-11(10)16-15(17(13)9-5-6-9)21-12-7-8-20-14(12)19/h1-4,9,12H,5-8H2/t12-/m0/s1. The van der Waals surface area contributed by atoms with Gasteiger partial charge in [-0.15, -0.1) is 0 Å². The SMILES string of the molecule is O=C1OCC[C@@H]1Sc1nc2ccccc2c(=O)n1C1CC1. The Kier molecular flexibility index (Phi) is 2.99. The number of rotatable bonds is 3. The van der Waals surface area contributed by atoms with E-state index in [1.165, 1.54) is 11.8 Å². The molecule has 21 heavy (non-hydrogen) atoms. The van der Waals surface area contributed by atoms with Crippen LogP contribution in [0.2, 0.25) is 0 Å². The molecule has 6 heteroatoms. The molecule has 0 radical (unpaired) electrons. The van der Waals surface area contributed by atoms with Crippen molar-refractivity contribution in [3.63, 3.8) is 0 Å².